The van der Waals surface area contributed by atoms with Crippen LogP contribution in [0.25, 0.3) is 22.3 Å². The van der Waals surface area contributed by atoms with Crippen molar-refractivity contribution in [2.75, 3.05) is 70.8 Å². The van der Waals surface area contributed by atoms with E-state index >= 15 is 0 Å². The zero-order valence-corrected chi connectivity index (χ0v) is 39.5. The van der Waals surface area contributed by atoms with Crippen molar-refractivity contribution < 1.29 is 91.4 Å². The third kappa shape index (κ3) is 10.9. The maximum absolute atomic E-state index is 13.8. The number of amides is 2. The zero-order valence-electron chi connectivity index (χ0n) is 38.7. The fraction of sp³-hybridized carbons (Fsp3) is 0.467. The zero-order chi connectivity index (χ0) is 51.6. The first-order valence-electron chi connectivity index (χ1n) is 22.3. The molecule has 0 unspecified atom stereocenters. The van der Waals surface area contributed by atoms with E-state index < -0.39 is 121 Å². The summed E-state index contributed by atoms with van der Waals surface area (Å²) >= 11 is 0. The molecule has 2 aromatic heterocycles. The van der Waals surface area contributed by atoms with Gasteiger partial charge in [0.2, 0.25) is 19.0 Å². The predicted molar refractivity (Wildman–Crippen MR) is 245 cm³/mol. The number of fused-ring (bicyclic) bond motifs is 6. The number of likely N-dealkylation sites (N-methyl/N-ethyl adjacent to an activating group) is 1. The second-order valence-corrected chi connectivity index (χ2v) is 19.8. The minimum atomic E-state index is -3.64. The first-order chi connectivity index (χ1) is 34.3. The number of rotatable bonds is 20. The molecule has 0 saturated carbocycles. The molecule has 0 radical (unpaired) electrons. The van der Waals surface area contributed by atoms with Gasteiger partial charge in [0.15, 0.2) is 23.7 Å². The van der Waals surface area contributed by atoms with Gasteiger partial charge in [0, 0.05) is 48.3 Å². The normalized spacial score (nSPS) is 20.0. The van der Waals surface area contributed by atoms with E-state index in [0.717, 1.165) is 11.2 Å². The Bertz CT molecular complexity index is 2950. The Morgan fingerprint density at radius 3 is 2.47 bits per heavy atom. The molecule has 8 rings (SSSR count). The molecule has 2 aromatic carbocycles. The van der Waals surface area contributed by atoms with Gasteiger partial charge in [0.05, 0.1) is 78.5 Å². The number of carbonyl (C=O) groups excluding carboxylic acids is 3. The quantitative estimate of drug-likeness (QED) is 0.0306. The van der Waals surface area contributed by atoms with Crippen molar-refractivity contribution in [1.82, 2.24) is 25.1 Å². The van der Waals surface area contributed by atoms with E-state index in [2.05, 4.69) is 16.0 Å². The van der Waals surface area contributed by atoms with E-state index in [1.54, 1.807) is 12.1 Å². The molecule has 4 aromatic rings. The number of aliphatic hydroxyl groups is 5. The molecule has 1 saturated heterocycles. The number of hydrogen-bond acceptors (Lipinski definition) is 22. The lowest BCUT2D eigenvalue weighted by molar-refractivity contribution is -0.228. The van der Waals surface area contributed by atoms with Gasteiger partial charge in [-0.05, 0) is 42.4 Å². The summed E-state index contributed by atoms with van der Waals surface area (Å²) in [5.74, 6) is -2.66. The van der Waals surface area contributed by atoms with Crippen LogP contribution in [0.2, 0.25) is 0 Å². The number of anilines is 1. The Hall–Kier alpha value is -6.53. The van der Waals surface area contributed by atoms with Crippen molar-refractivity contribution in [3.05, 3.63) is 74.6 Å². The van der Waals surface area contributed by atoms with Gasteiger partial charge in [-0.1, -0.05) is 6.07 Å². The molecule has 4 aliphatic rings. The number of benzene rings is 2. The summed E-state index contributed by atoms with van der Waals surface area (Å²) in [5.41, 5.74) is 0.705. The van der Waals surface area contributed by atoms with Crippen molar-refractivity contribution in [2.45, 2.75) is 69.0 Å². The van der Waals surface area contributed by atoms with Gasteiger partial charge in [0.25, 0.3) is 5.56 Å². The Balaban J connectivity index is 0.985. The summed E-state index contributed by atoms with van der Waals surface area (Å²) in [6.45, 7) is -3.89. The molecule has 9 N–H and O–H groups in total. The monoisotopic (exact) mass is 1030 g/mol. The molecule has 2 amide bonds. The lowest BCUT2D eigenvalue weighted by Crippen LogP contribution is -2.55. The number of carboxylic acids is 1. The summed E-state index contributed by atoms with van der Waals surface area (Å²) in [5, 5.41) is 71.0. The Labute approximate surface area is 408 Å². The average molecular weight is 1030 g/mol. The average Bonchev–Trinajstić information content (AvgIpc) is 3.96. The number of nitrogens with zero attached hydrogens (tertiary/aromatic N) is 3. The van der Waals surface area contributed by atoms with Gasteiger partial charge < -0.3 is 84.3 Å². The molecule has 72 heavy (non-hydrogen) atoms. The third-order valence-electron chi connectivity index (χ3n) is 12.4. The molecule has 1 fully saturated rings. The van der Waals surface area contributed by atoms with Crippen molar-refractivity contribution in [2.24, 2.45) is 0 Å². The number of esters is 1. The third-order valence-corrected chi connectivity index (χ3v) is 13.3. The Morgan fingerprint density at radius 1 is 1.01 bits per heavy atom. The van der Waals surface area contributed by atoms with Crippen molar-refractivity contribution in [3.8, 4) is 28.6 Å². The Kier molecular flexibility index (Phi) is 15.3. The number of hydrogen-bond donors (Lipinski definition) is 9. The highest BCUT2D eigenvalue weighted by molar-refractivity contribution is 7.90. The first-order valence-corrected chi connectivity index (χ1v) is 24.4. The van der Waals surface area contributed by atoms with E-state index in [4.69, 9.17) is 38.1 Å². The van der Waals surface area contributed by atoms with Gasteiger partial charge in [-0.25, -0.2) is 27.8 Å². The van der Waals surface area contributed by atoms with Crippen LogP contribution < -0.4 is 35.7 Å². The summed E-state index contributed by atoms with van der Waals surface area (Å²) in [6.07, 6.45) is -8.47. The number of carbonyl (C=O) groups is 4. The molecule has 4 aliphatic heterocycles. The van der Waals surface area contributed by atoms with E-state index in [0.29, 0.717) is 50.5 Å². The number of sulfone groups is 1. The van der Waals surface area contributed by atoms with Crippen LogP contribution in [0.15, 0.2) is 41.2 Å². The number of pyridine rings is 2. The highest BCUT2D eigenvalue weighted by atomic mass is 32.2. The van der Waals surface area contributed by atoms with Crippen LogP contribution in [-0.4, -0.2) is 173 Å². The minimum Gasteiger partial charge on any atom is -0.479 e. The Morgan fingerprint density at radius 2 is 1.76 bits per heavy atom. The van der Waals surface area contributed by atoms with Crippen molar-refractivity contribution in [3.63, 3.8) is 0 Å². The van der Waals surface area contributed by atoms with Crippen molar-refractivity contribution in [1.29, 1.82) is 0 Å². The molecule has 0 spiro atoms. The second kappa shape index (κ2) is 21.3. The van der Waals surface area contributed by atoms with Crippen LogP contribution in [0, 0.1) is 0 Å². The summed E-state index contributed by atoms with van der Waals surface area (Å²) in [6, 6.07) is 9.09. The van der Waals surface area contributed by atoms with E-state index in [-0.39, 0.29) is 62.0 Å². The largest absolute Gasteiger partial charge is 0.479 e. The number of cyclic esters (lactones) is 1. The first kappa shape index (κ1) is 51.8. The minimum absolute atomic E-state index is 0.0137. The van der Waals surface area contributed by atoms with Crippen LogP contribution in [0.1, 0.15) is 40.3 Å². The van der Waals surface area contributed by atoms with Crippen LogP contribution >= 0.6 is 0 Å². The molecule has 0 bridgehead atoms. The molecule has 26 nitrogen and oxygen atoms in total. The predicted octanol–water partition coefficient (Wildman–Crippen LogP) is -1.83. The smallest absolute Gasteiger partial charge is 0.411 e. The molecule has 27 heteroatoms. The molecule has 388 valence electrons. The van der Waals surface area contributed by atoms with Crippen molar-refractivity contribution >= 4 is 50.4 Å². The maximum Gasteiger partial charge on any atom is 0.411 e. The highest BCUT2D eigenvalue weighted by Crippen LogP contribution is 2.42. The van der Waals surface area contributed by atoms with Crippen LogP contribution in [0.3, 0.4) is 0 Å². The van der Waals surface area contributed by atoms with Gasteiger partial charge in [-0.15, -0.1) is 0 Å². The summed E-state index contributed by atoms with van der Waals surface area (Å²) in [7, 11) is -2.11. The molecular formula is C45H52N6O20S. The van der Waals surface area contributed by atoms with Crippen LogP contribution in [-0.2, 0) is 69.5 Å². The van der Waals surface area contributed by atoms with E-state index in [9.17, 15) is 63.0 Å². The highest BCUT2D eigenvalue weighted by Gasteiger charge is 2.42. The number of nitrogens with one attached hydrogen (secondary N) is 3. The van der Waals surface area contributed by atoms with Gasteiger partial charge >= 0.3 is 18.0 Å². The SMILES string of the molecule is CNCC(=O)Nc1cc(COC(=O)N(CCS(C)(=O)=O)COCC(CO)(CO)NCc2c3c(nc4cc5c(cc24)OCO5)-c2cc4c(c(=O)n2C3)COC(=O)[C@H]4O)ccc1O[C@H]1C[C@@H](O)[C@H](O)[C@@H](C(=O)O)O1. The van der Waals surface area contributed by atoms with E-state index in [1.807, 2.05) is 0 Å². The fourth-order valence-electron chi connectivity index (χ4n) is 8.43. The van der Waals surface area contributed by atoms with Gasteiger partial charge in [-0.2, -0.15) is 0 Å². The summed E-state index contributed by atoms with van der Waals surface area (Å²) in [4.78, 5) is 69.8. The number of ether oxygens (including phenoxy) is 7. The standard InChI is InChI=1S/C45H52N6O20S/c1-46-13-35(55)48-29-7-22(3-4-32(29)70-36-11-31(54)39(57)40(71-36)42(59)60)15-67-44(62)50(5-6-72(2,63)64)20-65-19-45(17-52,18-53)47-12-25-23-9-33-34(69-21-68-33)10-28(23)49-37-26(25)14-51-30(37)8-24-27(41(51)58)16-66-43(61)38(24)56/h3-4,7-10,31,36,38-40,46-47,52-54,56-57H,5-6,11-21H2,1-2H3,(H,48,55)(H,59,60)/t31-,36-,38+,39+,40+/m1/s1. The number of aliphatic carboxylic acids is 1. The molecule has 6 heterocycles. The number of carboxylic acid groups (broad SMARTS) is 1. The number of aliphatic hydroxyl groups excluding tert-OH is 5. The second-order valence-electron chi connectivity index (χ2n) is 17.5. The fourth-order valence-corrected chi connectivity index (χ4v) is 8.99. The number of aromatic nitrogens is 2. The lowest BCUT2D eigenvalue weighted by atomic mass is 9.97. The summed E-state index contributed by atoms with van der Waals surface area (Å²) < 4.78 is 64.9. The van der Waals surface area contributed by atoms with Gasteiger partial charge in [0.1, 0.15) is 41.6 Å². The van der Waals surface area contributed by atoms with Gasteiger partial charge in [-0.3, -0.25) is 14.5 Å². The molecular weight excluding hydrogens is 977 g/mol. The topological polar surface area (TPSA) is 363 Å². The van der Waals surface area contributed by atoms with Crippen LogP contribution in [0.5, 0.6) is 17.2 Å². The maximum atomic E-state index is 13.8. The van der Waals surface area contributed by atoms with E-state index in [1.165, 1.54) is 35.9 Å². The van der Waals surface area contributed by atoms with Crippen LogP contribution in [0.4, 0.5) is 10.5 Å². The molecule has 0 aliphatic carbocycles. The lowest BCUT2D eigenvalue weighted by Gasteiger charge is -2.35. The molecule has 5 atom stereocenters.